The average molecular weight is 401 g/mol. The van der Waals surface area contributed by atoms with Crippen LogP contribution in [-0.2, 0) is 14.8 Å². The number of hydrogen-bond donors (Lipinski definition) is 1. The number of para-hydroxylation sites is 1. The standard InChI is InChI=1S/C20H23N3O4S/c1-4-14-27-19-12-10-17(11-13-19)15-21-22-20(24)16(2)23(28(3,25)26)18-8-6-5-7-9-18/h4-13,15-16H,1,14H2,2-3H3,(H,22,24)/b21-15-/t16-/m0/s1. The molecule has 0 aliphatic rings. The third-order valence-electron chi connectivity index (χ3n) is 3.74. The molecule has 7 nitrogen and oxygen atoms in total. The summed E-state index contributed by atoms with van der Waals surface area (Å²) in [6.45, 7) is 5.50. The van der Waals surface area contributed by atoms with Gasteiger partial charge in [-0.25, -0.2) is 13.8 Å². The zero-order chi connectivity index (χ0) is 20.6. The summed E-state index contributed by atoms with van der Waals surface area (Å²) in [6, 6.07) is 14.6. The largest absolute Gasteiger partial charge is 0.490 e. The molecule has 28 heavy (non-hydrogen) atoms. The second-order valence-electron chi connectivity index (χ2n) is 5.97. The van der Waals surface area contributed by atoms with Crippen LogP contribution in [0.1, 0.15) is 12.5 Å². The van der Waals surface area contributed by atoms with Gasteiger partial charge in [0.05, 0.1) is 18.2 Å². The first-order valence-electron chi connectivity index (χ1n) is 8.54. The number of nitrogens with one attached hydrogen (secondary N) is 1. The predicted octanol–water partition coefficient (Wildman–Crippen LogP) is 2.56. The molecule has 8 heteroatoms. The van der Waals surface area contributed by atoms with Crippen molar-refractivity contribution >= 4 is 27.8 Å². The van der Waals surface area contributed by atoms with Crippen LogP contribution in [0.2, 0.25) is 0 Å². The van der Waals surface area contributed by atoms with Gasteiger partial charge in [0.15, 0.2) is 0 Å². The van der Waals surface area contributed by atoms with Gasteiger partial charge in [0.25, 0.3) is 5.91 Å². The van der Waals surface area contributed by atoms with E-state index in [1.807, 2.05) is 0 Å². The van der Waals surface area contributed by atoms with Crippen molar-refractivity contribution < 1.29 is 17.9 Å². The predicted molar refractivity (Wildman–Crippen MR) is 111 cm³/mol. The van der Waals surface area contributed by atoms with Gasteiger partial charge in [-0.15, -0.1) is 0 Å². The Morgan fingerprint density at radius 3 is 2.43 bits per heavy atom. The molecule has 0 bridgehead atoms. The molecule has 0 unspecified atom stereocenters. The fourth-order valence-electron chi connectivity index (χ4n) is 2.45. The van der Waals surface area contributed by atoms with E-state index in [-0.39, 0.29) is 0 Å². The Hall–Kier alpha value is -3.13. The van der Waals surface area contributed by atoms with E-state index >= 15 is 0 Å². The average Bonchev–Trinajstić information content (AvgIpc) is 2.67. The number of ether oxygens (including phenoxy) is 1. The van der Waals surface area contributed by atoms with Gasteiger partial charge in [-0.2, -0.15) is 5.10 Å². The van der Waals surface area contributed by atoms with Crippen molar-refractivity contribution in [3.63, 3.8) is 0 Å². The minimum absolute atomic E-state index is 0.409. The lowest BCUT2D eigenvalue weighted by molar-refractivity contribution is -0.121. The number of benzene rings is 2. The Labute approximate surface area is 165 Å². The Kier molecular flexibility index (Phi) is 7.34. The summed E-state index contributed by atoms with van der Waals surface area (Å²) in [7, 11) is -3.65. The third-order valence-corrected chi connectivity index (χ3v) is 4.98. The zero-order valence-electron chi connectivity index (χ0n) is 15.8. The molecule has 2 aromatic rings. The monoisotopic (exact) mass is 401 g/mol. The number of carbonyl (C=O) groups is 1. The number of carbonyl (C=O) groups excluding carboxylic acids is 1. The van der Waals surface area contributed by atoms with Gasteiger partial charge in [0, 0.05) is 0 Å². The highest BCUT2D eigenvalue weighted by molar-refractivity contribution is 7.92. The fraction of sp³-hybridized carbons (Fsp3) is 0.200. The van der Waals surface area contributed by atoms with Crippen LogP contribution in [-0.4, -0.2) is 39.4 Å². The number of sulfonamides is 1. The molecule has 1 amide bonds. The maximum absolute atomic E-state index is 12.4. The molecule has 0 aliphatic heterocycles. The summed E-state index contributed by atoms with van der Waals surface area (Å²) in [4.78, 5) is 12.4. The summed E-state index contributed by atoms with van der Waals surface area (Å²) < 4.78 is 30.8. The van der Waals surface area contributed by atoms with Gasteiger partial charge in [-0.3, -0.25) is 9.10 Å². The first-order valence-corrected chi connectivity index (χ1v) is 10.4. The van der Waals surface area contributed by atoms with Gasteiger partial charge in [-0.05, 0) is 48.9 Å². The zero-order valence-corrected chi connectivity index (χ0v) is 16.6. The van der Waals surface area contributed by atoms with Crippen LogP contribution in [0, 0.1) is 0 Å². The van der Waals surface area contributed by atoms with Crippen molar-refractivity contribution in [2.45, 2.75) is 13.0 Å². The highest BCUT2D eigenvalue weighted by atomic mass is 32.2. The van der Waals surface area contributed by atoms with Crippen LogP contribution in [0.25, 0.3) is 0 Å². The lowest BCUT2D eigenvalue weighted by Crippen LogP contribution is -2.46. The van der Waals surface area contributed by atoms with E-state index in [1.165, 1.54) is 13.1 Å². The van der Waals surface area contributed by atoms with E-state index < -0.39 is 22.0 Å². The quantitative estimate of drug-likeness (QED) is 0.397. The Morgan fingerprint density at radius 2 is 1.86 bits per heavy atom. The highest BCUT2D eigenvalue weighted by Crippen LogP contribution is 2.20. The molecule has 1 N–H and O–H groups in total. The first-order chi connectivity index (χ1) is 13.3. The van der Waals surface area contributed by atoms with E-state index in [9.17, 15) is 13.2 Å². The van der Waals surface area contributed by atoms with E-state index in [1.54, 1.807) is 60.7 Å². The molecule has 0 saturated heterocycles. The van der Waals surface area contributed by atoms with Gasteiger partial charge in [0.2, 0.25) is 10.0 Å². The summed E-state index contributed by atoms with van der Waals surface area (Å²) >= 11 is 0. The van der Waals surface area contributed by atoms with Crippen molar-refractivity contribution in [1.29, 1.82) is 0 Å². The van der Waals surface area contributed by atoms with Crippen LogP contribution in [0.5, 0.6) is 5.75 Å². The number of rotatable bonds is 9. The van der Waals surface area contributed by atoms with E-state index in [4.69, 9.17) is 4.74 Å². The molecule has 0 aromatic heterocycles. The number of hydrogen-bond acceptors (Lipinski definition) is 5. The molecule has 0 spiro atoms. The highest BCUT2D eigenvalue weighted by Gasteiger charge is 2.28. The SMILES string of the molecule is C=CCOc1ccc(/C=N\NC(=O)[C@H](C)N(c2ccccc2)S(C)(=O)=O)cc1. The van der Waals surface area contributed by atoms with Gasteiger partial charge < -0.3 is 4.74 Å². The first kappa shape index (κ1) is 21.2. The van der Waals surface area contributed by atoms with Crippen LogP contribution in [0.3, 0.4) is 0 Å². The van der Waals surface area contributed by atoms with Gasteiger partial charge in [0.1, 0.15) is 18.4 Å². The molecule has 1 atom stereocenters. The minimum atomic E-state index is -3.65. The maximum Gasteiger partial charge on any atom is 0.263 e. The summed E-state index contributed by atoms with van der Waals surface area (Å²) in [5.41, 5.74) is 3.54. The number of hydrazone groups is 1. The van der Waals surface area contributed by atoms with Crippen molar-refractivity contribution in [1.82, 2.24) is 5.43 Å². The van der Waals surface area contributed by atoms with Crippen LogP contribution >= 0.6 is 0 Å². The lowest BCUT2D eigenvalue weighted by atomic mass is 10.2. The molecule has 2 aromatic carbocycles. The number of anilines is 1. The topological polar surface area (TPSA) is 88.1 Å². The molecule has 0 saturated carbocycles. The van der Waals surface area contributed by atoms with Crippen LogP contribution in [0.15, 0.2) is 72.4 Å². The smallest absolute Gasteiger partial charge is 0.263 e. The van der Waals surface area contributed by atoms with Gasteiger partial charge >= 0.3 is 0 Å². The van der Waals surface area contributed by atoms with Crippen LogP contribution < -0.4 is 14.5 Å². The fourth-order valence-corrected chi connectivity index (χ4v) is 3.63. The molecule has 0 radical (unpaired) electrons. The Bertz CT molecular complexity index is 926. The molecular weight excluding hydrogens is 378 g/mol. The number of nitrogens with zero attached hydrogens (tertiary/aromatic N) is 2. The van der Waals surface area contributed by atoms with Gasteiger partial charge in [-0.1, -0.05) is 30.9 Å². The van der Waals surface area contributed by atoms with Crippen LogP contribution in [0.4, 0.5) is 5.69 Å². The lowest BCUT2D eigenvalue weighted by Gasteiger charge is -2.27. The molecule has 148 valence electrons. The molecular formula is C20H23N3O4S. The van der Waals surface area contributed by atoms with E-state index in [2.05, 4.69) is 17.1 Å². The van der Waals surface area contributed by atoms with Crippen molar-refractivity contribution in [2.75, 3.05) is 17.2 Å². The molecule has 0 fully saturated rings. The van der Waals surface area contributed by atoms with Crippen molar-refractivity contribution in [2.24, 2.45) is 5.10 Å². The van der Waals surface area contributed by atoms with E-state index in [0.29, 0.717) is 18.0 Å². The Morgan fingerprint density at radius 1 is 1.21 bits per heavy atom. The van der Waals surface area contributed by atoms with Crippen molar-refractivity contribution in [3.05, 3.63) is 72.8 Å². The van der Waals surface area contributed by atoms with E-state index in [0.717, 1.165) is 16.1 Å². The van der Waals surface area contributed by atoms with Crippen molar-refractivity contribution in [3.8, 4) is 5.75 Å². The third kappa shape index (κ3) is 5.95. The summed E-state index contributed by atoms with van der Waals surface area (Å²) in [6.07, 6.45) is 4.18. The second-order valence-corrected chi connectivity index (χ2v) is 7.83. The number of amides is 1. The Balaban J connectivity index is 2.04. The second kappa shape index (κ2) is 9.70. The maximum atomic E-state index is 12.4. The minimum Gasteiger partial charge on any atom is -0.490 e. The molecule has 0 heterocycles. The normalized spacial score (nSPS) is 12.4. The summed E-state index contributed by atoms with van der Waals surface area (Å²) in [5.74, 6) is 0.151. The molecule has 0 aliphatic carbocycles. The molecule has 2 rings (SSSR count). The summed E-state index contributed by atoms with van der Waals surface area (Å²) in [5, 5.41) is 3.91.